The normalized spacial score (nSPS) is 23.5. The molecule has 1 amide bonds. The van der Waals surface area contributed by atoms with Gasteiger partial charge in [0.1, 0.15) is 5.01 Å². The topological polar surface area (TPSA) is 105 Å². The van der Waals surface area contributed by atoms with Crippen molar-refractivity contribution in [1.29, 1.82) is 0 Å². The van der Waals surface area contributed by atoms with Crippen LogP contribution in [0.4, 0.5) is 0 Å². The number of nitrogens with two attached hydrogens (primary N) is 1. The fourth-order valence-electron chi connectivity index (χ4n) is 2.64. The molecule has 4 N–H and O–H groups in total. The monoisotopic (exact) mass is 311 g/mol. The third-order valence-electron chi connectivity index (χ3n) is 4.02. The number of aromatic nitrogens is 1. The van der Waals surface area contributed by atoms with Gasteiger partial charge >= 0.3 is 5.97 Å². The molecule has 0 spiro atoms. The van der Waals surface area contributed by atoms with Crippen LogP contribution in [0.1, 0.15) is 54.1 Å². The first kappa shape index (κ1) is 15.9. The molecule has 1 aliphatic carbocycles. The molecule has 1 heterocycles. The molecule has 1 aromatic heterocycles. The summed E-state index contributed by atoms with van der Waals surface area (Å²) in [5.74, 6) is -0.432. The quantitative estimate of drug-likeness (QED) is 0.768. The Hall–Kier alpha value is -1.47. The van der Waals surface area contributed by atoms with Gasteiger partial charge in [0.05, 0.1) is 6.04 Å². The minimum absolute atomic E-state index is 0.0274. The minimum atomic E-state index is -1.05. The first-order chi connectivity index (χ1) is 10.0. The van der Waals surface area contributed by atoms with Gasteiger partial charge in [-0.25, -0.2) is 9.78 Å². The maximum absolute atomic E-state index is 12.2. The van der Waals surface area contributed by atoms with Crippen LogP contribution in [0.2, 0.25) is 0 Å². The summed E-state index contributed by atoms with van der Waals surface area (Å²) in [6.45, 7) is 2.52. The lowest BCUT2D eigenvalue weighted by atomic mass is 9.81. The molecular formula is C14H21N3O3S. The van der Waals surface area contributed by atoms with E-state index in [1.165, 1.54) is 16.7 Å². The van der Waals surface area contributed by atoms with Gasteiger partial charge in [0.25, 0.3) is 0 Å². The second-order valence-corrected chi connectivity index (χ2v) is 6.45. The van der Waals surface area contributed by atoms with E-state index in [1.807, 2.05) is 6.92 Å². The molecule has 1 saturated carbocycles. The summed E-state index contributed by atoms with van der Waals surface area (Å²) in [7, 11) is 0. The molecular weight excluding hydrogens is 290 g/mol. The van der Waals surface area contributed by atoms with Crippen molar-refractivity contribution >= 4 is 23.2 Å². The Kier molecular flexibility index (Phi) is 5.30. The molecule has 0 saturated heterocycles. The van der Waals surface area contributed by atoms with E-state index in [2.05, 4.69) is 10.3 Å². The minimum Gasteiger partial charge on any atom is -0.476 e. The van der Waals surface area contributed by atoms with Crippen molar-refractivity contribution in [1.82, 2.24) is 10.3 Å². The molecule has 1 unspecified atom stereocenters. The predicted molar refractivity (Wildman–Crippen MR) is 80.1 cm³/mol. The second kappa shape index (κ2) is 7.00. The molecule has 116 valence electrons. The van der Waals surface area contributed by atoms with Crippen LogP contribution in [0, 0.1) is 11.8 Å². The molecule has 21 heavy (non-hydrogen) atoms. The van der Waals surface area contributed by atoms with Crippen LogP contribution in [0.15, 0.2) is 5.38 Å². The number of carbonyl (C=O) groups excluding carboxylic acids is 1. The zero-order valence-corrected chi connectivity index (χ0v) is 12.9. The van der Waals surface area contributed by atoms with Gasteiger partial charge < -0.3 is 16.2 Å². The second-order valence-electron chi connectivity index (χ2n) is 5.56. The van der Waals surface area contributed by atoms with E-state index < -0.39 is 5.97 Å². The highest BCUT2D eigenvalue weighted by Gasteiger charge is 2.27. The highest BCUT2D eigenvalue weighted by Crippen LogP contribution is 2.29. The Morgan fingerprint density at radius 2 is 2.14 bits per heavy atom. The first-order valence-corrected chi connectivity index (χ1v) is 8.08. The van der Waals surface area contributed by atoms with Gasteiger partial charge in [0, 0.05) is 11.3 Å². The van der Waals surface area contributed by atoms with E-state index in [-0.39, 0.29) is 23.6 Å². The lowest BCUT2D eigenvalue weighted by Gasteiger charge is -2.27. The molecule has 1 fully saturated rings. The molecule has 2 rings (SSSR count). The molecule has 1 atom stereocenters. The molecule has 0 radical (unpaired) electrons. The maximum Gasteiger partial charge on any atom is 0.355 e. The molecule has 6 nitrogen and oxygen atoms in total. The number of hydrogen-bond donors (Lipinski definition) is 3. The number of carboxylic acid groups (broad SMARTS) is 1. The highest BCUT2D eigenvalue weighted by molar-refractivity contribution is 7.09. The molecule has 1 aromatic rings. The summed E-state index contributed by atoms with van der Waals surface area (Å²) in [4.78, 5) is 27.1. The van der Waals surface area contributed by atoms with E-state index in [9.17, 15) is 9.59 Å². The van der Waals surface area contributed by atoms with Gasteiger partial charge in [-0.2, -0.15) is 0 Å². The van der Waals surface area contributed by atoms with Crippen LogP contribution in [0.3, 0.4) is 0 Å². The standard InChI is InChI=1S/C14H21N3O3S/c1-8(13-17-11(7-21-13)14(19)20)16-12(18)10-4-2-9(6-15)3-5-10/h7-10H,2-6,15H2,1H3,(H,16,18)(H,19,20). The van der Waals surface area contributed by atoms with Crippen molar-refractivity contribution in [2.24, 2.45) is 17.6 Å². The summed E-state index contributed by atoms with van der Waals surface area (Å²) in [5.41, 5.74) is 5.68. The number of hydrogen-bond acceptors (Lipinski definition) is 5. The van der Waals surface area contributed by atoms with Gasteiger partial charge in [0.2, 0.25) is 5.91 Å². The third-order valence-corrected chi connectivity index (χ3v) is 5.05. The summed E-state index contributed by atoms with van der Waals surface area (Å²) in [5, 5.41) is 13.9. The maximum atomic E-state index is 12.2. The van der Waals surface area contributed by atoms with Crippen molar-refractivity contribution in [3.63, 3.8) is 0 Å². The highest BCUT2D eigenvalue weighted by atomic mass is 32.1. The number of aromatic carboxylic acids is 1. The predicted octanol–water partition coefficient (Wildman–Crippen LogP) is 1.78. The third kappa shape index (κ3) is 4.01. The van der Waals surface area contributed by atoms with Gasteiger partial charge in [0.15, 0.2) is 5.69 Å². The van der Waals surface area contributed by atoms with Crippen LogP contribution >= 0.6 is 11.3 Å². The van der Waals surface area contributed by atoms with Crippen molar-refractivity contribution in [3.8, 4) is 0 Å². The lowest BCUT2D eigenvalue weighted by molar-refractivity contribution is -0.126. The van der Waals surface area contributed by atoms with Crippen molar-refractivity contribution in [2.45, 2.75) is 38.6 Å². The number of nitrogens with zero attached hydrogens (tertiary/aromatic N) is 1. The van der Waals surface area contributed by atoms with Crippen LogP contribution < -0.4 is 11.1 Å². The number of carboxylic acids is 1. The molecule has 0 aromatic carbocycles. The van der Waals surface area contributed by atoms with E-state index in [4.69, 9.17) is 10.8 Å². The van der Waals surface area contributed by atoms with Crippen LogP contribution in [-0.2, 0) is 4.79 Å². The summed E-state index contributed by atoms with van der Waals surface area (Å²) < 4.78 is 0. The van der Waals surface area contributed by atoms with Crippen molar-refractivity contribution in [2.75, 3.05) is 6.54 Å². The number of amides is 1. The van der Waals surface area contributed by atoms with E-state index >= 15 is 0 Å². The molecule has 1 aliphatic rings. The van der Waals surface area contributed by atoms with Gasteiger partial charge in [-0.15, -0.1) is 11.3 Å². The Bertz CT molecular complexity index is 509. The van der Waals surface area contributed by atoms with E-state index in [0.29, 0.717) is 17.5 Å². The Morgan fingerprint density at radius 3 is 2.67 bits per heavy atom. The van der Waals surface area contributed by atoms with Gasteiger partial charge in [-0.3, -0.25) is 4.79 Å². The molecule has 0 bridgehead atoms. The number of carbonyl (C=O) groups is 2. The lowest BCUT2D eigenvalue weighted by Crippen LogP contribution is -2.35. The molecule has 0 aliphatic heterocycles. The number of thiazole rings is 1. The fraction of sp³-hybridized carbons (Fsp3) is 0.643. The smallest absolute Gasteiger partial charge is 0.355 e. The van der Waals surface area contributed by atoms with Gasteiger partial charge in [-0.05, 0) is 45.1 Å². The largest absolute Gasteiger partial charge is 0.476 e. The molecule has 7 heteroatoms. The van der Waals surface area contributed by atoms with Crippen LogP contribution in [0.5, 0.6) is 0 Å². The van der Waals surface area contributed by atoms with Crippen molar-refractivity contribution in [3.05, 3.63) is 16.1 Å². The number of nitrogens with one attached hydrogen (secondary N) is 1. The zero-order valence-electron chi connectivity index (χ0n) is 12.0. The first-order valence-electron chi connectivity index (χ1n) is 7.20. The van der Waals surface area contributed by atoms with Gasteiger partial charge in [-0.1, -0.05) is 0 Å². The van der Waals surface area contributed by atoms with E-state index in [1.54, 1.807) is 0 Å². The van der Waals surface area contributed by atoms with E-state index in [0.717, 1.165) is 25.7 Å². The zero-order chi connectivity index (χ0) is 15.4. The SMILES string of the molecule is CC(NC(=O)C1CCC(CN)CC1)c1nc(C(=O)O)cs1. The van der Waals surface area contributed by atoms with Crippen molar-refractivity contribution < 1.29 is 14.7 Å². The Balaban J connectivity index is 1.88. The fourth-order valence-corrected chi connectivity index (χ4v) is 3.44. The van der Waals surface area contributed by atoms with Crippen LogP contribution in [-0.4, -0.2) is 28.5 Å². The Labute approximate surface area is 127 Å². The number of rotatable bonds is 5. The average molecular weight is 311 g/mol. The average Bonchev–Trinajstić information content (AvgIpc) is 2.97. The summed E-state index contributed by atoms with van der Waals surface area (Å²) in [6, 6.07) is -0.261. The Morgan fingerprint density at radius 1 is 1.48 bits per heavy atom. The van der Waals surface area contributed by atoms with Crippen LogP contribution in [0.25, 0.3) is 0 Å². The summed E-state index contributed by atoms with van der Waals surface area (Å²) in [6.07, 6.45) is 3.75. The summed E-state index contributed by atoms with van der Waals surface area (Å²) >= 11 is 1.26.